The Morgan fingerprint density at radius 3 is 1.18 bits per heavy atom. The molecule has 0 aromatic heterocycles. The number of amides is 1. The summed E-state index contributed by atoms with van der Waals surface area (Å²) in [7, 11) is -4.46. The second-order valence-electron chi connectivity index (χ2n) is 16.2. The molecule has 0 heterocycles. The summed E-state index contributed by atoms with van der Waals surface area (Å²) < 4.78 is 32.6. The molecule has 0 saturated heterocycles. The molecule has 0 bridgehead atoms. The predicted molar refractivity (Wildman–Crippen MR) is 241 cm³/mol. The van der Waals surface area contributed by atoms with Gasteiger partial charge in [0.15, 0.2) is 0 Å². The minimum absolute atomic E-state index is 0.263. The Labute approximate surface area is 346 Å². The third-order valence-electron chi connectivity index (χ3n) is 10.6. The van der Waals surface area contributed by atoms with Gasteiger partial charge in [0.25, 0.3) is 10.1 Å². The molecule has 0 fully saturated rings. The summed E-state index contributed by atoms with van der Waals surface area (Å²) in [5.74, 6) is -1.57. The topological polar surface area (TPSA) is 124 Å². The summed E-state index contributed by atoms with van der Waals surface area (Å²) in [6.07, 6.45) is 53.2. The van der Waals surface area contributed by atoms with E-state index in [9.17, 15) is 28.0 Å². The minimum atomic E-state index is -4.46. The zero-order chi connectivity index (χ0) is 41.2. The number of nitrogens with one attached hydrogen (secondary N) is 1. The van der Waals surface area contributed by atoms with Gasteiger partial charge in [0, 0.05) is 0 Å². The van der Waals surface area contributed by atoms with Gasteiger partial charge >= 0.3 is 0 Å². The number of allylic oxidation sites excluding steroid dienone is 7. The lowest BCUT2D eigenvalue weighted by atomic mass is 10.0. The Balaban J connectivity index is 4.03. The van der Waals surface area contributed by atoms with Gasteiger partial charge in [-0.05, 0) is 70.6 Å². The second kappa shape index (κ2) is 41.4. The van der Waals surface area contributed by atoms with Gasteiger partial charge in [0.1, 0.15) is 6.10 Å². The van der Waals surface area contributed by atoms with E-state index in [-0.39, 0.29) is 6.42 Å². The largest absolute Gasteiger partial charge is 0.387 e. The van der Waals surface area contributed by atoms with Crippen molar-refractivity contribution < 1.29 is 28.0 Å². The third-order valence-corrected chi connectivity index (χ3v) is 11.3. The summed E-state index contributed by atoms with van der Waals surface area (Å²) in [4.78, 5) is 12.6. The van der Waals surface area contributed by atoms with E-state index in [1.54, 1.807) is 6.08 Å². The lowest BCUT2D eigenvalue weighted by Gasteiger charge is -2.22. The zero-order valence-corrected chi connectivity index (χ0v) is 37.2. The van der Waals surface area contributed by atoms with Crippen molar-refractivity contribution in [2.45, 2.75) is 244 Å². The lowest BCUT2D eigenvalue weighted by molar-refractivity contribution is -0.130. The molecule has 1 amide bonds. The number of aliphatic hydroxyl groups is 2. The summed E-state index contributed by atoms with van der Waals surface area (Å²) in [5, 5.41) is 23.4. The monoisotopic (exact) mass is 808 g/mol. The molecule has 0 aliphatic heterocycles. The SMILES string of the molecule is CCCCCCCCCC/C=C/CC/C=C/CC/C=C/C(O)C(CS(=O)(=O)O)NC(=O)C(O)CCCCCCCC/C=C\CCCCCCCCCCCCC. The molecule has 7 nitrogen and oxygen atoms in total. The number of aliphatic hydroxyl groups excluding tert-OH is 2. The normalized spacial score (nSPS) is 14.2. The highest BCUT2D eigenvalue weighted by atomic mass is 32.2. The highest BCUT2D eigenvalue weighted by Gasteiger charge is 2.27. The van der Waals surface area contributed by atoms with Crippen LogP contribution in [-0.2, 0) is 14.9 Å². The van der Waals surface area contributed by atoms with E-state index in [0.29, 0.717) is 12.8 Å². The first-order valence-corrected chi connectivity index (χ1v) is 25.1. The lowest BCUT2D eigenvalue weighted by Crippen LogP contribution is -2.50. The Kier molecular flexibility index (Phi) is 40.1. The van der Waals surface area contributed by atoms with Crippen LogP contribution >= 0.6 is 0 Å². The number of hydrogen-bond donors (Lipinski definition) is 4. The van der Waals surface area contributed by atoms with Crippen LogP contribution in [0.1, 0.15) is 226 Å². The first-order valence-electron chi connectivity index (χ1n) is 23.4. The average Bonchev–Trinajstić information content (AvgIpc) is 3.17. The van der Waals surface area contributed by atoms with Gasteiger partial charge in [-0.3, -0.25) is 9.35 Å². The fourth-order valence-electron chi connectivity index (χ4n) is 6.95. The van der Waals surface area contributed by atoms with Crippen molar-refractivity contribution in [2.24, 2.45) is 0 Å². The molecule has 0 spiro atoms. The molecule has 0 radical (unpaired) electrons. The molecule has 0 aromatic carbocycles. The van der Waals surface area contributed by atoms with Gasteiger partial charge in [-0.2, -0.15) is 8.42 Å². The standard InChI is InChI=1S/C48H89NO6S/c1-3-5-7-9-11-13-15-17-19-21-23-24-25-27-29-31-33-35-37-39-41-43-47(51)48(52)49-45(44-56(53,54)55)46(50)42-40-38-36-34-32-30-28-26-22-20-18-16-14-12-10-8-6-4-2/h22,25-27,32,34,40,42,45-47,50-51H,3-21,23-24,28-31,33,35-39,41,43-44H2,1-2H3,(H,49,52)(H,53,54,55)/b26-22+,27-25-,34-32+,42-40+. The van der Waals surface area contributed by atoms with E-state index in [1.165, 1.54) is 147 Å². The summed E-state index contributed by atoms with van der Waals surface area (Å²) in [6.45, 7) is 4.52. The molecule has 0 aliphatic rings. The fraction of sp³-hybridized carbons (Fsp3) is 0.812. The smallest absolute Gasteiger partial charge is 0.267 e. The summed E-state index contributed by atoms with van der Waals surface area (Å²) in [5.41, 5.74) is 0. The molecule has 0 aliphatic carbocycles. The molecule has 3 atom stereocenters. The molecule has 4 N–H and O–H groups in total. The van der Waals surface area contributed by atoms with E-state index >= 15 is 0 Å². The van der Waals surface area contributed by atoms with Crippen LogP contribution in [0, 0.1) is 0 Å². The van der Waals surface area contributed by atoms with Crippen molar-refractivity contribution in [2.75, 3.05) is 5.75 Å². The van der Waals surface area contributed by atoms with Crippen molar-refractivity contribution in [3.05, 3.63) is 48.6 Å². The van der Waals surface area contributed by atoms with E-state index in [4.69, 9.17) is 0 Å². The van der Waals surface area contributed by atoms with Gasteiger partial charge in [-0.25, -0.2) is 0 Å². The van der Waals surface area contributed by atoms with Crippen LogP contribution < -0.4 is 5.32 Å². The van der Waals surface area contributed by atoms with E-state index in [1.807, 2.05) is 0 Å². The molecular weight excluding hydrogens is 719 g/mol. The molecule has 0 rings (SSSR count). The van der Waals surface area contributed by atoms with Crippen molar-refractivity contribution in [3.8, 4) is 0 Å². The number of carbonyl (C=O) groups is 1. The summed E-state index contributed by atoms with van der Waals surface area (Å²) >= 11 is 0. The first kappa shape index (κ1) is 54.3. The maximum atomic E-state index is 12.6. The number of rotatable bonds is 42. The highest BCUT2D eigenvalue weighted by molar-refractivity contribution is 7.85. The first-order chi connectivity index (χ1) is 27.2. The molecule has 3 unspecified atom stereocenters. The van der Waals surface area contributed by atoms with Crippen LogP contribution in [-0.4, -0.2) is 53.1 Å². The van der Waals surface area contributed by atoms with Crippen molar-refractivity contribution >= 4 is 16.0 Å². The van der Waals surface area contributed by atoms with Crippen LogP contribution in [0.5, 0.6) is 0 Å². The Bertz CT molecular complexity index is 1090. The Hall–Kier alpha value is -1.74. The third kappa shape index (κ3) is 40.5. The van der Waals surface area contributed by atoms with E-state index < -0.39 is 40.0 Å². The Morgan fingerprint density at radius 1 is 0.482 bits per heavy atom. The number of unbranched alkanes of at least 4 members (excludes halogenated alkanes) is 27. The maximum Gasteiger partial charge on any atom is 0.267 e. The van der Waals surface area contributed by atoms with Crippen LogP contribution in [0.15, 0.2) is 48.6 Å². The quantitative estimate of drug-likeness (QED) is 0.0277. The minimum Gasteiger partial charge on any atom is -0.387 e. The molecule has 56 heavy (non-hydrogen) atoms. The molecular formula is C48H89NO6S. The highest BCUT2D eigenvalue weighted by Crippen LogP contribution is 2.14. The van der Waals surface area contributed by atoms with Gasteiger partial charge in [-0.1, -0.05) is 204 Å². The van der Waals surface area contributed by atoms with Gasteiger partial charge in [0.2, 0.25) is 5.91 Å². The summed E-state index contributed by atoms with van der Waals surface area (Å²) in [6, 6.07) is -1.26. The van der Waals surface area contributed by atoms with Crippen LogP contribution in [0.3, 0.4) is 0 Å². The van der Waals surface area contributed by atoms with Gasteiger partial charge < -0.3 is 15.5 Å². The number of hydrogen-bond acceptors (Lipinski definition) is 5. The zero-order valence-electron chi connectivity index (χ0n) is 36.4. The predicted octanol–water partition coefficient (Wildman–Crippen LogP) is 13.2. The molecule has 0 saturated carbocycles. The molecule has 328 valence electrons. The second-order valence-corrected chi connectivity index (χ2v) is 17.7. The maximum absolute atomic E-state index is 12.6. The van der Waals surface area contributed by atoms with Crippen LogP contribution in [0.4, 0.5) is 0 Å². The van der Waals surface area contributed by atoms with Crippen molar-refractivity contribution in [1.82, 2.24) is 5.32 Å². The number of carbonyl (C=O) groups excluding carboxylic acids is 1. The van der Waals surface area contributed by atoms with Gasteiger partial charge in [-0.15, -0.1) is 0 Å². The fourth-order valence-corrected chi connectivity index (χ4v) is 7.69. The Morgan fingerprint density at radius 2 is 0.804 bits per heavy atom. The van der Waals surface area contributed by atoms with Crippen molar-refractivity contribution in [1.29, 1.82) is 0 Å². The van der Waals surface area contributed by atoms with E-state index in [2.05, 4.69) is 55.6 Å². The molecule has 8 heteroatoms. The molecule has 0 aromatic rings. The van der Waals surface area contributed by atoms with Crippen molar-refractivity contribution in [3.63, 3.8) is 0 Å². The van der Waals surface area contributed by atoms with Crippen LogP contribution in [0.25, 0.3) is 0 Å². The average molecular weight is 808 g/mol. The van der Waals surface area contributed by atoms with E-state index in [0.717, 1.165) is 51.4 Å². The van der Waals surface area contributed by atoms with Gasteiger partial charge in [0.05, 0.1) is 17.9 Å². The van der Waals surface area contributed by atoms with Crippen LogP contribution in [0.2, 0.25) is 0 Å².